The molecule has 0 spiro atoms. The van der Waals surface area contributed by atoms with E-state index in [1.807, 2.05) is 0 Å². The molecule has 0 aromatic rings. The van der Waals surface area contributed by atoms with Crippen molar-refractivity contribution in [1.29, 1.82) is 0 Å². The number of hydrogen-bond acceptors (Lipinski definition) is 1. The van der Waals surface area contributed by atoms with Crippen LogP contribution in [0.3, 0.4) is 0 Å². The third kappa shape index (κ3) is 22.0. The molecule has 0 aliphatic carbocycles. The molecule has 138 valence electrons. The van der Waals surface area contributed by atoms with Crippen molar-refractivity contribution in [2.75, 3.05) is 0 Å². The molecule has 0 aromatic carbocycles. The number of carboxylic acid groups (broad SMARTS) is 1. The smallest absolute Gasteiger partial charge is 0.481 e. The van der Waals surface area contributed by atoms with Gasteiger partial charge in [0, 0.05) is 0 Å². The topological polar surface area (TPSA) is 37.3 Å². The van der Waals surface area contributed by atoms with Crippen LogP contribution in [0.1, 0.15) is 110 Å². The Morgan fingerprint density at radius 1 is 0.652 bits per heavy atom. The van der Waals surface area contributed by atoms with Gasteiger partial charge in [-0.25, -0.2) is 0 Å². The van der Waals surface area contributed by atoms with Gasteiger partial charge in [-0.2, -0.15) is 0 Å². The summed E-state index contributed by atoms with van der Waals surface area (Å²) in [6.07, 6.45) is 20.4. The summed E-state index contributed by atoms with van der Waals surface area (Å²) in [5.74, 6) is -0.650. The van der Waals surface area contributed by atoms with Gasteiger partial charge in [0.2, 0.25) is 0 Å². The van der Waals surface area contributed by atoms with Gasteiger partial charge in [0.1, 0.15) is 0 Å². The van der Waals surface area contributed by atoms with Gasteiger partial charge in [-0.3, -0.25) is 4.79 Å². The van der Waals surface area contributed by atoms with E-state index in [0.717, 1.165) is 27.8 Å². The first kappa shape index (κ1) is 23.0. The molecule has 0 saturated heterocycles. The zero-order chi connectivity index (χ0) is 17.0. The van der Waals surface area contributed by atoms with Gasteiger partial charge in [0.25, 0.3) is 0 Å². The van der Waals surface area contributed by atoms with Crippen molar-refractivity contribution in [1.82, 2.24) is 0 Å². The minimum atomic E-state index is -0.650. The average Bonchev–Trinajstić information content (AvgIpc) is 2.53. The molecule has 0 aliphatic rings. The van der Waals surface area contributed by atoms with Crippen molar-refractivity contribution in [3.63, 3.8) is 0 Å². The van der Waals surface area contributed by atoms with Crippen LogP contribution in [0.5, 0.6) is 0 Å². The van der Waals surface area contributed by atoms with Gasteiger partial charge in [0.15, 0.2) is 0 Å². The van der Waals surface area contributed by atoms with E-state index in [2.05, 4.69) is 6.92 Å². The van der Waals surface area contributed by atoms with Crippen molar-refractivity contribution < 1.29 is 9.90 Å². The molecule has 0 fully saturated rings. The van der Waals surface area contributed by atoms with Crippen molar-refractivity contribution in [2.45, 2.75) is 120 Å². The SMILES string of the molecule is CCCCCCCC[Se]CCCCCCCCCCCC(=O)O. The number of carbonyl (C=O) groups is 1. The molecule has 0 aromatic heterocycles. The molecular weight excluding hydrogens is 351 g/mol. The first-order valence-corrected chi connectivity index (χ1v) is 12.5. The van der Waals surface area contributed by atoms with Gasteiger partial charge < -0.3 is 5.11 Å². The molecule has 0 unspecified atom stereocenters. The van der Waals surface area contributed by atoms with Crippen LogP contribution in [0.4, 0.5) is 0 Å². The fraction of sp³-hybridized carbons (Fsp3) is 0.950. The van der Waals surface area contributed by atoms with Gasteiger partial charge in [-0.15, -0.1) is 0 Å². The molecule has 0 atom stereocenters. The van der Waals surface area contributed by atoms with Crippen LogP contribution in [0.2, 0.25) is 10.6 Å². The fourth-order valence-corrected chi connectivity index (χ4v) is 4.95. The number of aliphatic carboxylic acids is 1. The maximum absolute atomic E-state index is 10.4. The average molecular weight is 391 g/mol. The van der Waals surface area contributed by atoms with Gasteiger partial charge in [0.05, 0.1) is 0 Å². The Morgan fingerprint density at radius 2 is 1.04 bits per heavy atom. The zero-order valence-electron chi connectivity index (χ0n) is 15.5. The van der Waals surface area contributed by atoms with Crippen molar-refractivity contribution in [3.8, 4) is 0 Å². The van der Waals surface area contributed by atoms with E-state index in [1.54, 1.807) is 0 Å². The number of hydrogen-bond donors (Lipinski definition) is 1. The second-order valence-electron chi connectivity index (χ2n) is 6.71. The Labute approximate surface area is 151 Å². The van der Waals surface area contributed by atoms with E-state index in [4.69, 9.17) is 5.11 Å². The van der Waals surface area contributed by atoms with E-state index in [0.29, 0.717) is 6.42 Å². The normalized spacial score (nSPS) is 11.0. The Kier molecular flexibility index (Phi) is 20.0. The first-order valence-electron chi connectivity index (χ1n) is 10.1. The second kappa shape index (κ2) is 20.0. The van der Waals surface area contributed by atoms with E-state index < -0.39 is 5.97 Å². The molecule has 0 saturated carbocycles. The van der Waals surface area contributed by atoms with Crippen LogP contribution >= 0.6 is 0 Å². The molecule has 0 heterocycles. The van der Waals surface area contributed by atoms with Gasteiger partial charge in [-0.05, 0) is 0 Å². The second-order valence-corrected chi connectivity index (χ2v) is 9.28. The summed E-state index contributed by atoms with van der Waals surface area (Å²) in [7, 11) is 0. The Hall–Kier alpha value is -0.0105. The van der Waals surface area contributed by atoms with Gasteiger partial charge >= 0.3 is 141 Å². The molecule has 23 heavy (non-hydrogen) atoms. The minimum absolute atomic E-state index is 0.348. The van der Waals surface area contributed by atoms with E-state index in [-0.39, 0.29) is 0 Å². The first-order chi connectivity index (χ1) is 11.3. The predicted molar refractivity (Wildman–Crippen MR) is 103 cm³/mol. The molecule has 0 radical (unpaired) electrons. The molecular formula is C20H40O2Se. The molecule has 0 amide bonds. The Bertz CT molecular complexity index is 244. The minimum Gasteiger partial charge on any atom is -0.481 e. The molecule has 1 N–H and O–H groups in total. The number of rotatable bonds is 19. The summed E-state index contributed by atoms with van der Waals surface area (Å²) in [4.78, 5) is 10.4. The standard InChI is InChI=1S/C20H40O2Se/c1-2-3-4-5-12-15-18-23-19-16-13-10-8-6-7-9-11-14-17-20(21)22/h2-19H2,1H3,(H,21,22). The Balaban J connectivity index is 2.96. The Morgan fingerprint density at radius 3 is 1.48 bits per heavy atom. The van der Waals surface area contributed by atoms with Crippen LogP contribution < -0.4 is 0 Å². The van der Waals surface area contributed by atoms with Crippen LogP contribution in [0.15, 0.2) is 0 Å². The molecule has 0 aliphatic heterocycles. The zero-order valence-corrected chi connectivity index (χ0v) is 17.2. The quantitative estimate of drug-likeness (QED) is 0.193. The third-order valence-corrected chi connectivity index (χ3v) is 6.74. The monoisotopic (exact) mass is 392 g/mol. The van der Waals surface area contributed by atoms with Crippen molar-refractivity contribution in [2.24, 2.45) is 0 Å². The predicted octanol–water partition coefficient (Wildman–Crippen LogP) is 6.87. The summed E-state index contributed by atoms with van der Waals surface area (Å²) in [6, 6.07) is 0. The molecule has 2 nitrogen and oxygen atoms in total. The maximum atomic E-state index is 10.4. The van der Waals surface area contributed by atoms with E-state index in [1.165, 1.54) is 94.1 Å². The summed E-state index contributed by atoms with van der Waals surface area (Å²) >= 11 is 0.912. The van der Waals surface area contributed by atoms with Crippen LogP contribution in [0, 0.1) is 0 Å². The summed E-state index contributed by atoms with van der Waals surface area (Å²) in [6.45, 7) is 2.28. The molecule has 0 rings (SSSR count). The molecule has 0 bridgehead atoms. The number of carboxylic acids is 1. The van der Waals surface area contributed by atoms with Crippen LogP contribution in [-0.4, -0.2) is 26.0 Å². The van der Waals surface area contributed by atoms with Crippen molar-refractivity contribution >= 4 is 20.9 Å². The molecule has 3 heteroatoms. The number of unbranched alkanes of at least 4 members (excludes halogenated alkanes) is 13. The third-order valence-electron chi connectivity index (χ3n) is 4.32. The van der Waals surface area contributed by atoms with Crippen molar-refractivity contribution in [3.05, 3.63) is 0 Å². The summed E-state index contributed by atoms with van der Waals surface area (Å²) in [5.41, 5.74) is 0. The van der Waals surface area contributed by atoms with Crippen LogP contribution in [-0.2, 0) is 4.79 Å². The van der Waals surface area contributed by atoms with Crippen LogP contribution in [0.25, 0.3) is 0 Å². The fourth-order valence-electron chi connectivity index (χ4n) is 2.80. The van der Waals surface area contributed by atoms with E-state index in [9.17, 15) is 4.79 Å². The van der Waals surface area contributed by atoms with E-state index >= 15 is 0 Å². The summed E-state index contributed by atoms with van der Waals surface area (Å²) in [5, 5.41) is 11.6. The van der Waals surface area contributed by atoms with Gasteiger partial charge in [-0.1, -0.05) is 0 Å². The summed E-state index contributed by atoms with van der Waals surface area (Å²) < 4.78 is 0.